The van der Waals surface area contributed by atoms with Crippen LogP contribution in [0.1, 0.15) is 24.7 Å². The number of aromatic amines is 2. The Morgan fingerprint density at radius 3 is 2.90 bits per heavy atom. The van der Waals surface area contributed by atoms with E-state index in [1.165, 1.54) is 4.57 Å². The smallest absolute Gasteiger partial charge is 0.330 e. The minimum Gasteiger partial charge on any atom is -0.336 e. The van der Waals surface area contributed by atoms with Gasteiger partial charge in [0.25, 0.3) is 5.56 Å². The molecule has 3 aromatic heterocycles. The van der Waals surface area contributed by atoms with E-state index >= 15 is 0 Å². The second-order valence-corrected chi connectivity index (χ2v) is 5.38. The molecule has 0 fully saturated rings. The predicted molar refractivity (Wildman–Crippen MR) is 78.4 cm³/mol. The number of fused-ring (bicyclic) bond motifs is 1. The summed E-state index contributed by atoms with van der Waals surface area (Å²) in [6, 6.07) is 2.02. The molecule has 0 aliphatic heterocycles. The van der Waals surface area contributed by atoms with Gasteiger partial charge in [0, 0.05) is 13.0 Å². The van der Waals surface area contributed by atoms with Crippen molar-refractivity contribution in [3.63, 3.8) is 0 Å². The van der Waals surface area contributed by atoms with Crippen LogP contribution in [0, 0.1) is 0 Å². The largest absolute Gasteiger partial charge is 0.336 e. The third kappa shape index (κ3) is 2.20. The third-order valence-corrected chi connectivity index (χ3v) is 3.81. The maximum absolute atomic E-state index is 11.8. The van der Waals surface area contributed by atoms with Gasteiger partial charge in [-0.15, -0.1) is 0 Å². The number of rotatable bonds is 4. The van der Waals surface area contributed by atoms with Gasteiger partial charge in [-0.25, -0.2) is 9.78 Å². The van der Waals surface area contributed by atoms with Gasteiger partial charge in [0.15, 0.2) is 5.65 Å². The summed E-state index contributed by atoms with van der Waals surface area (Å²) in [5, 5.41) is 4.04. The van der Waals surface area contributed by atoms with E-state index in [1.54, 1.807) is 11.3 Å². The minimum atomic E-state index is -0.415. The fourth-order valence-electron chi connectivity index (χ4n) is 2.19. The van der Waals surface area contributed by atoms with Crippen molar-refractivity contribution < 1.29 is 0 Å². The van der Waals surface area contributed by atoms with Crippen molar-refractivity contribution in [2.45, 2.75) is 26.3 Å². The van der Waals surface area contributed by atoms with E-state index in [2.05, 4.69) is 15.0 Å². The quantitative estimate of drug-likeness (QED) is 0.763. The summed E-state index contributed by atoms with van der Waals surface area (Å²) < 4.78 is 1.50. The number of nitrogens with zero attached hydrogens (tertiary/aromatic N) is 2. The molecule has 3 heterocycles. The summed E-state index contributed by atoms with van der Waals surface area (Å²) in [4.78, 5) is 33.4. The number of imidazole rings is 1. The molecule has 0 saturated carbocycles. The lowest BCUT2D eigenvalue weighted by Crippen LogP contribution is -2.30. The molecule has 0 amide bonds. The van der Waals surface area contributed by atoms with Crippen LogP contribution in [-0.2, 0) is 13.0 Å². The Bertz CT molecular complexity index is 841. The van der Waals surface area contributed by atoms with Gasteiger partial charge in [-0.2, -0.15) is 11.3 Å². The molecule has 0 aromatic carbocycles. The molecule has 0 unspecified atom stereocenters. The van der Waals surface area contributed by atoms with Gasteiger partial charge < -0.3 is 4.98 Å². The lowest BCUT2D eigenvalue weighted by Gasteiger charge is -2.02. The zero-order valence-corrected chi connectivity index (χ0v) is 11.8. The van der Waals surface area contributed by atoms with Gasteiger partial charge in [-0.3, -0.25) is 14.3 Å². The summed E-state index contributed by atoms with van der Waals surface area (Å²) in [6.07, 6.45) is 1.42. The van der Waals surface area contributed by atoms with E-state index in [4.69, 9.17) is 0 Å². The topological polar surface area (TPSA) is 83.5 Å². The van der Waals surface area contributed by atoms with Crippen molar-refractivity contribution in [2.24, 2.45) is 0 Å². The Morgan fingerprint density at radius 1 is 1.35 bits per heavy atom. The highest BCUT2D eigenvalue weighted by atomic mass is 32.1. The number of hydrogen-bond donors (Lipinski definition) is 2. The highest BCUT2D eigenvalue weighted by molar-refractivity contribution is 7.07. The third-order valence-electron chi connectivity index (χ3n) is 3.08. The zero-order valence-electron chi connectivity index (χ0n) is 11.0. The Morgan fingerprint density at radius 2 is 2.20 bits per heavy atom. The number of aryl methyl sites for hydroxylation is 1. The van der Waals surface area contributed by atoms with E-state index in [1.807, 2.05) is 23.8 Å². The van der Waals surface area contributed by atoms with Crippen LogP contribution in [0.25, 0.3) is 11.2 Å². The number of thiophene rings is 1. The van der Waals surface area contributed by atoms with Gasteiger partial charge in [0.2, 0.25) is 0 Å². The molecule has 3 rings (SSSR count). The van der Waals surface area contributed by atoms with E-state index in [0.29, 0.717) is 30.0 Å². The molecule has 3 aromatic rings. The Kier molecular flexibility index (Phi) is 3.27. The van der Waals surface area contributed by atoms with Crippen LogP contribution in [0.4, 0.5) is 0 Å². The lowest BCUT2D eigenvalue weighted by atomic mass is 10.2. The van der Waals surface area contributed by atoms with Crippen LogP contribution in [0.5, 0.6) is 0 Å². The number of aromatic nitrogens is 4. The summed E-state index contributed by atoms with van der Waals surface area (Å²) >= 11 is 1.62. The first kappa shape index (κ1) is 12.9. The normalized spacial score (nSPS) is 11.2. The molecule has 104 valence electrons. The number of H-pyrrole nitrogens is 2. The summed E-state index contributed by atoms with van der Waals surface area (Å²) in [6.45, 7) is 2.51. The highest BCUT2D eigenvalue weighted by Gasteiger charge is 2.12. The van der Waals surface area contributed by atoms with Crippen molar-refractivity contribution in [1.29, 1.82) is 0 Å². The van der Waals surface area contributed by atoms with Crippen molar-refractivity contribution in [3.8, 4) is 0 Å². The Hall–Kier alpha value is -2.15. The maximum Gasteiger partial charge on any atom is 0.330 e. The Balaban J connectivity index is 2.14. The summed E-state index contributed by atoms with van der Waals surface area (Å²) in [5.41, 5.74) is 1.11. The Labute approximate surface area is 118 Å². The SMILES string of the molecule is CCCn1c(=O)[nH]c(=O)c2[nH]c(Cc3ccsc3)nc21. The number of nitrogens with one attached hydrogen (secondary N) is 2. The molecule has 0 saturated heterocycles. The van der Waals surface area contributed by atoms with E-state index in [-0.39, 0.29) is 0 Å². The van der Waals surface area contributed by atoms with Gasteiger partial charge in [0.1, 0.15) is 11.3 Å². The van der Waals surface area contributed by atoms with Crippen molar-refractivity contribution >= 4 is 22.5 Å². The van der Waals surface area contributed by atoms with Crippen LogP contribution in [-0.4, -0.2) is 19.5 Å². The van der Waals surface area contributed by atoms with E-state index < -0.39 is 11.2 Å². The van der Waals surface area contributed by atoms with Gasteiger partial charge in [0.05, 0.1) is 0 Å². The van der Waals surface area contributed by atoms with Crippen LogP contribution >= 0.6 is 11.3 Å². The molecule has 0 aliphatic rings. The number of hydrogen-bond acceptors (Lipinski definition) is 4. The van der Waals surface area contributed by atoms with Crippen molar-refractivity contribution in [1.82, 2.24) is 19.5 Å². The van der Waals surface area contributed by atoms with E-state index in [0.717, 1.165) is 12.0 Å². The predicted octanol–water partition coefficient (Wildman–Crippen LogP) is 1.48. The fraction of sp³-hybridized carbons (Fsp3) is 0.308. The first-order valence-electron chi connectivity index (χ1n) is 6.42. The first-order valence-corrected chi connectivity index (χ1v) is 7.36. The molecule has 6 nitrogen and oxygen atoms in total. The molecule has 7 heteroatoms. The molecular formula is C13H14N4O2S. The summed E-state index contributed by atoms with van der Waals surface area (Å²) in [5.74, 6) is 0.694. The zero-order chi connectivity index (χ0) is 14.1. The maximum atomic E-state index is 11.8. The standard InChI is InChI=1S/C13H14N4O2S/c1-2-4-17-11-10(12(18)16-13(17)19)14-9(15-11)6-8-3-5-20-7-8/h3,5,7H,2,4,6H2,1H3,(H,14,15)(H,16,18,19). The van der Waals surface area contributed by atoms with E-state index in [9.17, 15) is 9.59 Å². The van der Waals surface area contributed by atoms with Crippen LogP contribution in [0.3, 0.4) is 0 Å². The minimum absolute atomic E-state index is 0.364. The molecule has 20 heavy (non-hydrogen) atoms. The second-order valence-electron chi connectivity index (χ2n) is 4.60. The fourth-order valence-corrected chi connectivity index (χ4v) is 2.86. The van der Waals surface area contributed by atoms with Crippen molar-refractivity contribution in [3.05, 3.63) is 49.1 Å². The first-order chi connectivity index (χ1) is 9.69. The highest BCUT2D eigenvalue weighted by Crippen LogP contribution is 2.12. The van der Waals surface area contributed by atoms with Gasteiger partial charge in [-0.05, 0) is 28.8 Å². The molecule has 0 atom stereocenters. The van der Waals surface area contributed by atoms with Crippen LogP contribution in [0.15, 0.2) is 26.4 Å². The average Bonchev–Trinajstić information content (AvgIpc) is 3.04. The molecule has 2 N–H and O–H groups in total. The van der Waals surface area contributed by atoms with Gasteiger partial charge in [-0.1, -0.05) is 6.92 Å². The average molecular weight is 290 g/mol. The van der Waals surface area contributed by atoms with Crippen molar-refractivity contribution in [2.75, 3.05) is 0 Å². The van der Waals surface area contributed by atoms with Crippen LogP contribution in [0.2, 0.25) is 0 Å². The van der Waals surface area contributed by atoms with Crippen LogP contribution < -0.4 is 11.2 Å². The lowest BCUT2D eigenvalue weighted by molar-refractivity contribution is 0.652. The molecule has 0 radical (unpaired) electrons. The molecule has 0 spiro atoms. The molecule has 0 aliphatic carbocycles. The monoisotopic (exact) mass is 290 g/mol. The molecule has 0 bridgehead atoms. The van der Waals surface area contributed by atoms with Gasteiger partial charge >= 0.3 is 5.69 Å². The summed E-state index contributed by atoms with van der Waals surface area (Å²) in [7, 11) is 0. The molecular weight excluding hydrogens is 276 g/mol. The second kappa shape index (κ2) is 5.09.